The molecule has 0 saturated heterocycles. The van der Waals surface area contributed by atoms with Crippen molar-refractivity contribution in [2.75, 3.05) is 0 Å². The number of carboxylic acid groups (broad SMARTS) is 1. The van der Waals surface area contributed by atoms with Crippen molar-refractivity contribution in [2.45, 2.75) is 38.0 Å². The molecule has 0 N–H and O–H groups in total. The van der Waals surface area contributed by atoms with Crippen LogP contribution in [0.1, 0.15) is 43.6 Å². The zero-order chi connectivity index (χ0) is 11.4. The summed E-state index contributed by atoms with van der Waals surface area (Å²) in [5.41, 5.74) is 0.898. The maximum atomic E-state index is 11.3. The molecule has 1 fully saturated rings. The van der Waals surface area contributed by atoms with Crippen LogP contribution in [0.15, 0.2) is 30.3 Å². The first kappa shape index (κ1) is 11.2. The highest BCUT2D eigenvalue weighted by Crippen LogP contribution is 2.35. The summed E-state index contributed by atoms with van der Waals surface area (Å²) >= 11 is 0. The second kappa shape index (κ2) is 5.15. The molecular weight excluding hydrogens is 200 g/mol. The van der Waals surface area contributed by atoms with Crippen molar-refractivity contribution in [1.29, 1.82) is 0 Å². The molecule has 2 heteroatoms. The van der Waals surface area contributed by atoms with Crippen LogP contribution < -0.4 is 5.11 Å². The van der Waals surface area contributed by atoms with Crippen LogP contribution in [0.5, 0.6) is 0 Å². The van der Waals surface area contributed by atoms with Gasteiger partial charge in [0.15, 0.2) is 0 Å². The van der Waals surface area contributed by atoms with Crippen LogP contribution in [0.25, 0.3) is 0 Å². The highest BCUT2D eigenvalue weighted by molar-refractivity contribution is 5.74. The predicted octanol–water partition coefficient (Wildman–Crippen LogP) is 2.10. The molecule has 1 atom stereocenters. The molecule has 0 amide bonds. The summed E-state index contributed by atoms with van der Waals surface area (Å²) in [4.78, 5) is 11.3. The van der Waals surface area contributed by atoms with E-state index < -0.39 is 11.9 Å². The number of rotatable bonds is 3. The second-order valence-corrected chi connectivity index (χ2v) is 4.61. The lowest BCUT2D eigenvalue weighted by Crippen LogP contribution is -2.35. The normalized spacial score (nSPS) is 19.2. The zero-order valence-corrected chi connectivity index (χ0v) is 9.39. The molecule has 2 rings (SSSR count). The van der Waals surface area contributed by atoms with Gasteiger partial charge in [0, 0.05) is 11.9 Å². The van der Waals surface area contributed by atoms with Gasteiger partial charge >= 0.3 is 0 Å². The van der Waals surface area contributed by atoms with Crippen molar-refractivity contribution in [3.05, 3.63) is 35.9 Å². The van der Waals surface area contributed by atoms with Gasteiger partial charge in [-0.1, -0.05) is 49.6 Å². The molecular formula is C14H17O2-. The number of hydrogen-bond acceptors (Lipinski definition) is 2. The van der Waals surface area contributed by atoms with Crippen molar-refractivity contribution in [2.24, 2.45) is 5.92 Å². The molecule has 0 bridgehead atoms. The molecule has 1 saturated carbocycles. The van der Waals surface area contributed by atoms with E-state index in [1.54, 1.807) is 0 Å². The fourth-order valence-electron chi connectivity index (χ4n) is 2.73. The Balaban J connectivity index is 2.20. The Labute approximate surface area is 96.3 Å². The Bertz CT molecular complexity index is 339. The van der Waals surface area contributed by atoms with Gasteiger partial charge in [-0.2, -0.15) is 0 Å². The van der Waals surface area contributed by atoms with Crippen molar-refractivity contribution >= 4 is 5.97 Å². The van der Waals surface area contributed by atoms with Gasteiger partial charge in [-0.3, -0.25) is 0 Å². The number of carbonyl (C=O) groups excluding carboxylic acids is 1. The van der Waals surface area contributed by atoms with Gasteiger partial charge in [-0.05, 0) is 24.3 Å². The van der Waals surface area contributed by atoms with Gasteiger partial charge in [-0.15, -0.1) is 0 Å². The van der Waals surface area contributed by atoms with E-state index >= 15 is 0 Å². The Kier molecular flexibility index (Phi) is 3.60. The molecule has 1 unspecified atom stereocenters. The van der Waals surface area contributed by atoms with Crippen molar-refractivity contribution in [3.63, 3.8) is 0 Å². The van der Waals surface area contributed by atoms with Gasteiger partial charge in [0.25, 0.3) is 0 Å². The number of carbonyl (C=O) groups is 1. The standard InChI is InChI=1S/C14H18O2/c15-14(16)13(11-7-3-1-4-8-11)12-9-5-2-6-10-12/h1,3-4,7-8,12-13H,2,5-6,9-10H2,(H,15,16)/p-1. The van der Waals surface area contributed by atoms with Gasteiger partial charge in [0.2, 0.25) is 0 Å². The average Bonchev–Trinajstić information content (AvgIpc) is 2.31. The third-order valence-corrected chi connectivity index (χ3v) is 3.53. The lowest BCUT2D eigenvalue weighted by molar-refractivity contribution is -0.309. The minimum Gasteiger partial charge on any atom is -0.549 e. The highest BCUT2D eigenvalue weighted by Gasteiger charge is 2.25. The fourth-order valence-corrected chi connectivity index (χ4v) is 2.73. The lowest BCUT2D eigenvalue weighted by Gasteiger charge is -2.31. The number of aliphatic carboxylic acids is 1. The average molecular weight is 217 g/mol. The SMILES string of the molecule is O=C([O-])C(c1ccccc1)C1CCCCC1. The summed E-state index contributed by atoms with van der Waals surface area (Å²) < 4.78 is 0. The predicted molar refractivity (Wildman–Crippen MR) is 60.8 cm³/mol. The Morgan fingerprint density at radius 2 is 1.75 bits per heavy atom. The molecule has 1 aromatic carbocycles. The van der Waals surface area contributed by atoms with Gasteiger partial charge < -0.3 is 9.90 Å². The minimum absolute atomic E-state index is 0.265. The molecule has 0 aliphatic heterocycles. The van der Waals surface area contributed by atoms with E-state index in [2.05, 4.69) is 0 Å². The van der Waals surface area contributed by atoms with E-state index in [-0.39, 0.29) is 5.92 Å². The summed E-state index contributed by atoms with van der Waals surface area (Å²) in [5, 5.41) is 11.3. The lowest BCUT2D eigenvalue weighted by atomic mass is 9.77. The van der Waals surface area contributed by atoms with E-state index in [4.69, 9.17) is 0 Å². The maximum absolute atomic E-state index is 11.3. The van der Waals surface area contributed by atoms with E-state index in [9.17, 15) is 9.90 Å². The molecule has 1 aliphatic carbocycles. The maximum Gasteiger partial charge on any atom is 0.0492 e. The van der Waals surface area contributed by atoms with Gasteiger partial charge in [-0.25, -0.2) is 0 Å². The van der Waals surface area contributed by atoms with E-state index in [0.29, 0.717) is 0 Å². The van der Waals surface area contributed by atoms with Crippen molar-refractivity contribution < 1.29 is 9.90 Å². The minimum atomic E-state index is -0.918. The van der Waals surface area contributed by atoms with Gasteiger partial charge in [0.05, 0.1) is 0 Å². The van der Waals surface area contributed by atoms with E-state index in [1.165, 1.54) is 6.42 Å². The monoisotopic (exact) mass is 217 g/mol. The first-order chi connectivity index (χ1) is 7.79. The molecule has 1 aliphatic rings. The van der Waals surface area contributed by atoms with Crippen LogP contribution in [-0.2, 0) is 4.79 Å². The number of benzene rings is 1. The summed E-state index contributed by atoms with van der Waals surface area (Å²) in [6.45, 7) is 0. The Morgan fingerprint density at radius 1 is 1.12 bits per heavy atom. The molecule has 16 heavy (non-hydrogen) atoms. The summed E-state index contributed by atoms with van der Waals surface area (Å²) in [6.07, 6.45) is 5.59. The number of hydrogen-bond donors (Lipinski definition) is 0. The molecule has 0 heterocycles. The Morgan fingerprint density at radius 3 is 2.31 bits per heavy atom. The van der Waals surface area contributed by atoms with Crippen LogP contribution in [0, 0.1) is 5.92 Å². The van der Waals surface area contributed by atoms with Crippen molar-refractivity contribution in [3.8, 4) is 0 Å². The molecule has 2 nitrogen and oxygen atoms in total. The molecule has 86 valence electrons. The van der Waals surface area contributed by atoms with Crippen LogP contribution >= 0.6 is 0 Å². The molecule has 0 aromatic heterocycles. The van der Waals surface area contributed by atoms with Crippen LogP contribution in [0.3, 0.4) is 0 Å². The summed E-state index contributed by atoms with van der Waals surface area (Å²) in [7, 11) is 0. The smallest absolute Gasteiger partial charge is 0.0492 e. The van der Waals surface area contributed by atoms with Gasteiger partial charge in [0.1, 0.15) is 0 Å². The van der Waals surface area contributed by atoms with Crippen LogP contribution in [0.2, 0.25) is 0 Å². The van der Waals surface area contributed by atoms with E-state index in [1.807, 2.05) is 30.3 Å². The largest absolute Gasteiger partial charge is 0.549 e. The van der Waals surface area contributed by atoms with Crippen molar-refractivity contribution in [1.82, 2.24) is 0 Å². The molecule has 1 aromatic rings. The second-order valence-electron chi connectivity index (χ2n) is 4.61. The topological polar surface area (TPSA) is 40.1 Å². The quantitative estimate of drug-likeness (QED) is 0.778. The first-order valence-corrected chi connectivity index (χ1v) is 6.05. The van der Waals surface area contributed by atoms with Crippen LogP contribution in [-0.4, -0.2) is 5.97 Å². The van der Waals surface area contributed by atoms with E-state index in [0.717, 1.165) is 31.2 Å². The summed E-state index contributed by atoms with van der Waals surface area (Å²) in [5.74, 6) is -1.07. The third kappa shape index (κ3) is 2.43. The summed E-state index contributed by atoms with van der Waals surface area (Å²) in [6, 6.07) is 9.50. The third-order valence-electron chi connectivity index (χ3n) is 3.53. The molecule has 0 spiro atoms. The highest BCUT2D eigenvalue weighted by atomic mass is 16.4. The number of carboxylic acids is 1. The van der Waals surface area contributed by atoms with Crippen LogP contribution in [0.4, 0.5) is 0 Å². The Hall–Kier alpha value is -1.31. The zero-order valence-electron chi connectivity index (χ0n) is 9.39. The fraction of sp³-hybridized carbons (Fsp3) is 0.500. The molecule has 0 radical (unpaired) electrons. The first-order valence-electron chi connectivity index (χ1n) is 6.05.